The first-order chi connectivity index (χ1) is 10.7. The van der Waals surface area contributed by atoms with E-state index in [9.17, 15) is 0 Å². The molecule has 3 unspecified atom stereocenters. The van der Waals surface area contributed by atoms with Gasteiger partial charge in [0.1, 0.15) is 0 Å². The number of hydrogen-bond donors (Lipinski definition) is 0. The van der Waals surface area contributed by atoms with Gasteiger partial charge in [0.05, 0.1) is 6.07 Å². The molecule has 0 saturated heterocycles. The minimum atomic E-state index is 0.370. The summed E-state index contributed by atoms with van der Waals surface area (Å²) in [5, 5.41) is 9.08. The molecule has 0 radical (unpaired) electrons. The van der Waals surface area contributed by atoms with Crippen molar-refractivity contribution < 1.29 is 0 Å². The molecule has 3 fully saturated rings. The lowest BCUT2D eigenvalue weighted by Crippen LogP contribution is -2.34. The van der Waals surface area contributed by atoms with E-state index in [4.69, 9.17) is 5.26 Å². The van der Waals surface area contributed by atoms with Gasteiger partial charge in [0, 0.05) is 5.92 Å². The van der Waals surface area contributed by atoms with Crippen LogP contribution < -0.4 is 0 Å². The van der Waals surface area contributed by atoms with E-state index in [1.165, 1.54) is 70.6 Å². The van der Waals surface area contributed by atoms with Crippen molar-refractivity contribution in [3.63, 3.8) is 0 Å². The van der Waals surface area contributed by atoms with E-state index >= 15 is 0 Å². The first-order valence-corrected chi connectivity index (χ1v) is 10.1. The molecule has 1 nitrogen and oxygen atoms in total. The predicted molar refractivity (Wildman–Crippen MR) is 92.2 cm³/mol. The van der Waals surface area contributed by atoms with Crippen molar-refractivity contribution in [1.29, 1.82) is 5.26 Å². The average Bonchev–Trinajstić information content (AvgIpc) is 2.56. The van der Waals surface area contributed by atoms with Gasteiger partial charge < -0.3 is 0 Å². The smallest absolute Gasteiger partial charge is 0.0655 e. The van der Waals surface area contributed by atoms with E-state index in [-0.39, 0.29) is 0 Å². The lowest BCUT2D eigenvalue weighted by atomic mass is 9.61. The van der Waals surface area contributed by atoms with Crippen molar-refractivity contribution in [2.24, 2.45) is 41.4 Å². The maximum absolute atomic E-state index is 9.08. The van der Waals surface area contributed by atoms with E-state index in [1.54, 1.807) is 0 Å². The molecule has 0 bridgehead atoms. The third kappa shape index (κ3) is 3.69. The fourth-order valence-electron chi connectivity index (χ4n) is 6.02. The molecule has 3 aliphatic carbocycles. The van der Waals surface area contributed by atoms with Crippen LogP contribution in [0.3, 0.4) is 0 Å². The molecule has 0 aromatic rings. The average molecular weight is 302 g/mol. The van der Waals surface area contributed by atoms with Gasteiger partial charge in [-0.1, -0.05) is 26.7 Å². The Balaban J connectivity index is 1.49. The van der Waals surface area contributed by atoms with Gasteiger partial charge >= 0.3 is 0 Å². The fraction of sp³-hybridized carbons (Fsp3) is 0.952. The van der Waals surface area contributed by atoms with Crippen LogP contribution in [0.4, 0.5) is 0 Å². The highest BCUT2D eigenvalue weighted by Crippen LogP contribution is 2.48. The van der Waals surface area contributed by atoms with Crippen LogP contribution in [0.5, 0.6) is 0 Å². The van der Waals surface area contributed by atoms with Crippen molar-refractivity contribution in [3.05, 3.63) is 0 Å². The van der Waals surface area contributed by atoms with Crippen molar-refractivity contribution in [2.45, 2.75) is 84.5 Å². The Hall–Kier alpha value is -0.510. The molecule has 0 amide bonds. The quantitative estimate of drug-likeness (QED) is 0.596. The summed E-state index contributed by atoms with van der Waals surface area (Å²) in [7, 11) is 0. The molecular weight excluding hydrogens is 266 g/mol. The standard InChI is InChI=1S/C21H35N/c1-15-3-7-19(8-4-15)21-12-11-20(13-16(21)2)18-9-5-17(14-22)6-10-18/h15-21H,3-13H2,1-2H3. The van der Waals surface area contributed by atoms with Crippen LogP contribution >= 0.6 is 0 Å². The predicted octanol–water partition coefficient (Wildman–Crippen LogP) is 6.20. The lowest BCUT2D eigenvalue weighted by Gasteiger charge is -2.44. The molecule has 0 aromatic carbocycles. The Morgan fingerprint density at radius 3 is 1.86 bits per heavy atom. The van der Waals surface area contributed by atoms with Crippen LogP contribution in [0.25, 0.3) is 0 Å². The van der Waals surface area contributed by atoms with Crippen LogP contribution in [-0.2, 0) is 0 Å². The van der Waals surface area contributed by atoms with Gasteiger partial charge in [0.15, 0.2) is 0 Å². The molecule has 0 heterocycles. The zero-order valence-electron chi connectivity index (χ0n) is 14.8. The normalized spacial score (nSPS) is 46.9. The highest BCUT2D eigenvalue weighted by molar-refractivity contribution is 4.91. The first-order valence-electron chi connectivity index (χ1n) is 10.1. The minimum absolute atomic E-state index is 0.370. The van der Waals surface area contributed by atoms with Gasteiger partial charge in [-0.05, 0) is 93.3 Å². The monoisotopic (exact) mass is 301 g/mol. The van der Waals surface area contributed by atoms with E-state index in [0.717, 1.165) is 35.5 Å². The molecule has 0 aromatic heterocycles. The molecular formula is C21H35N. The SMILES string of the molecule is CC1CCC(C2CCC(C3CCC(C#N)CC3)CC2C)CC1. The summed E-state index contributed by atoms with van der Waals surface area (Å²) in [4.78, 5) is 0. The van der Waals surface area contributed by atoms with Crippen LogP contribution in [0.1, 0.15) is 84.5 Å². The second-order valence-electron chi connectivity index (χ2n) is 8.98. The zero-order valence-corrected chi connectivity index (χ0v) is 14.8. The summed E-state index contributed by atoms with van der Waals surface area (Å²) < 4.78 is 0. The van der Waals surface area contributed by atoms with Gasteiger partial charge in [0.2, 0.25) is 0 Å². The maximum Gasteiger partial charge on any atom is 0.0655 e. The van der Waals surface area contributed by atoms with Crippen molar-refractivity contribution in [2.75, 3.05) is 0 Å². The molecule has 3 saturated carbocycles. The third-order valence-corrected chi connectivity index (χ3v) is 7.56. The molecule has 0 N–H and O–H groups in total. The highest BCUT2D eigenvalue weighted by Gasteiger charge is 2.37. The van der Waals surface area contributed by atoms with E-state index in [2.05, 4.69) is 19.9 Å². The first kappa shape index (κ1) is 16.4. The van der Waals surface area contributed by atoms with Crippen molar-refractivity contribution in [3.8, 4) is 6.07 Å². The number of nitriles is 1. The summed E-state index contributed by atoms with van der Waals surface area (Å²) in [6.07, 6.45) is 15.5. The van der Waals surface area contributed by atoms with Gasteiger partial charge in [-0.25, -0.2) is 0 Å². The Bertz CT molecular complexity index is 379. The lowest BCUT2D eigenvalue weighted by molar-refractivity contribution is 0.0670. The molecule has 3 aliphatic rings. The van der Waals surface area contributed by atoms with E-state index < -0.39 is 0 Å². The van der Waals surface area contributed by atoms with Crippen molar-refractivity contribution in [1.82, 2.24) is 0 Å². The van der Waals surface area contributed by atoms with Crippen LogP contribution in [-0.4, -0.2) is 0 Å². The summed E-state index contributed by atoms with van der Waals surface area (Å²) >= 11 is 0. The summed E-state index contributed by atoms with van der Waals surface area (Å²) in [6.45, 7) is 4.99. The molecule has 3 rings (SSSR count). The zero-order chi connectivity index (χ0) is 15.5. The molecule has 22 heavy (non-hydrogen) atoms. The Kier molecular flexibility index (Phi) is 5.48. The molecule has 0 aliphatic heterocycles. The van der Waals surface area contributed by atoms with E-state index in [0.29, 0.717) is 5.92 Å². The van der Waals surface area contributed by atoms with Crippen LogP contribution in [0, 0.1) is 52.8 Å². The molecule has 1 heteroatoms. The molecule has 124 valence electrons. The summed E-state index contributed by atoms with van der Waals surface area (Å²) in [5.74, 6) is 6.30. The fourth-order valence-corrected chi connectivity index (χ4v) is 6.02. The number of rotatable bonds is 2. The van der Waals surface area contributed by atoms with Gasteiger partial charge in [-0.2, -0.15) is 5.26 Å². The number of hydrogen-bond acceptors (Lipinski definition) is 1. The topological polar surface area (TPSA) is 23.8 Å². The maximum atomic E-state index is 9.08. The summed E-state index contributed by atoms with van der Waals surface area (Å²) in [6, 6.07) is 2.49. The second-order valence-corrected chi connectivity index (χ2v) is 8.98. The third-order valence-electron chi connectivity index (χ3n) is 7.56. The van der Waals surface area contributed by atoms with Crippen LogP contribution in [0.15, 0.2) is 0 Å². The van der Waals surface area contributed by atoms with Crippen LogP contribution in [0.2, 0.25) is 0 Å². The minimum Gasteiger partial charge on any atom is -0.198 e. The van der Waals surface area contributed by atoms with Gasteiger partial charge in [-0.15, -0.1) is 0 Å². The van der Waals surface area contributed by atoms with Gasteiger partial charge in [-0.3, -0.25) is 0 Å². The second kappa shape index (κ2) is 7.37. The Labute approximate surface area is 137 Å². The number of nitrogens with zero attached hydrogens (tertiary/aromatic N) is 1. The Morgan fingerprint density at radius 2 is 1.27 bits per heavy atom. The largest absolute Gasteiger partial charge is 0.198 e. The van der Waals surface area contributed by atoms with E-state index in [1.807, 2.05) is 0 Å². The molecule has 3 atom stereocenters. The highest BCUT2D eigenvalue weighted by atomic mass is 14.4. The molecule has 0 spiro atoms. The van der Waals surface area contributed by atoms with Gasteiger partial charge in [0.25, 0.3) is 0 Å². The Morgan fingerprint density at radius 1 is 0.682 bits per heavy atom. The van der Waals surface area contributed by atoms with Crippen molar-refractivity contribution >= 4 is 0 Å². The summed E-state index contributed by atoms with van der Waals surface area (Å²) in [5.41, 5.74) is 0.